The second kappa shape index (κ2) is 6.23. The maximum Gasteiger partial charge on any atom is 0.329 e. The molecular weight excluding hydrogens is 304 g/mol. The number of hydrogen-bond donors (Lipinski definition) is 1. The number of fused-ring (bicyclic) bond motifs is 1. The van der Waals surface area contributed by atoms with E-state index in [4.69, 9.17) is 0 Å². The number of likely N-dealkylation sites (N-methyl/N-ethyl adjacent to an activating group) is 1. The van der Waals surface area contributed by atoms with Crippen LogP contribution in [0.2, 0.25) is 0 Å². The maximum atomic E-state index is 13.1. The summed E-state index contributed by atoms with van der Waals surface area (Å²) in [6.45, 7) is 1.88. The van der Waals surface area contributed by atoms with E-state index in [0.717, 1.165) is 30.3 Å². The first kappa shape index (κ1) is 16.4. The van der Waals surface area contributed by atoms with Crippen molar-refractivity contribution in [1.82, 2.24) is 9.88 Å². The Labute approximate surface area is 141 Å². The third kappa shape index (κ3) is 2.64. The monoisotopic (exact) mass is 326 g/mol. The average molecular weight is 326 g/mol. The molecule has 0 radical (unpaired) electrons. The molecule has 1 N–H and O–H groups in total. The molecule has 0 aliphatic heterocycles. The van der Waals surface area contributed by atoms with Crippen LogP contribution in [0.15, 0.2) is 30.3 Å². The number of aromatic nitrogens is 1. The number of amides is 1. The topological polar surface area (TPSA) is 70.5 Å². The summed E-state index contributed by atoms with van der Waals surface area (Å²) in [7, 11) is 1.61. The highest BCUT2D eigenvalue weighted by atomic mass is 16.4. The molecule has 2 aromatic rings. The molecule has 1 amide bonds. The van der Waals surface area contributed by atoms with E-state index >= 15 is 0 Å². The van der Waals surface area contributed by atoms with E-state index in [0.29, 0.717) is 23.9 Å². The highest BCUT2D eigenvalue weighted by Crippen LogP contribution is 2.34. The summed E-state index contributed by atoms with van der Waals surface area (Å²) in [6, 6.07) is 9.29. The number of aliphatic carboxylic acids is 1. The summed E-state index contributed by atoms with van der Waals surface area (Å²) < 4.78 is 0. The number of aryl methyl sites for hydroxylation is 1. The van der Waals surface area contributed by atoms with Crippen LogP contribution in [-0.2, 0) is 4.79 Å². The molecule has 1 heterocycles. The van der Waals surface area contributed by atoms with Gasteiger partial charge in [-0.15, -0.1) is 0 Å². The van der Waals surface area contributed by atoms with Gasteiger partial charge in [-0.3, -0.25) is 9.78 Å². The van der Waals surface area contributed by atoms with Crippen molar-refractivity contribution in [1.29, 1.82) is 0 Å². The van der Waals surface area contributed by atoms with Gasteiger partial charge >= 0.3 is 5.97 Å². The molecule has 1 saturated carbocycles. The minimum absolute atomic E-state index is 0.275. The van der Waals surface area contributed by atoms with Crippen molar-refractivity contribution in [3.63, 3.8) is 0 Å². The van der Waals surface area contributed by atoms with E-state index < -0.39 is 11.5 Å². The highest BCUT2D eigenvalue weighted by molar-refractivity contribution is 6.07. The first-order valence-corrected chi connectivity index (χ1v) is 8.34. The number of para-hydroxylation sites is 1. The molecular formula is C19H22N2O3. The van der Waals surface area contributed by atoms with Gasteiger partial charge in [0.15, 0.2) is 0 Å². The van der Waals surface area contributed by atoms with E-state index in [1.54, 1.807) is 13.1 Å². The summed E-state index contributed by atoms with van der Waals surface area (Å²) >= 11 is 0. The Balaban J connectivity index is 2.05. The third-order valence-electron chi connectivity index (χ3n) is 5.12. The van der Waals surface area contributed by atoms with E-state index in [2.05, 4.69) is 4.98 Å². The zero-order chi connectivity index (χ0) is 17.3. The fraction of sp³-hybridized carbons (Fsp3) is 0.421. The Kier molecular flexibility index (Phi) is 4.26. The number of rotatable bonds is 3. The maximum absolute atomic E-state index is 13.1. The molecule has 126 valence electrons. The van der Waals surface area contributed by atoms with E-state index in [1.807, 2.05) is 31.2 Å². The number of carboxylic acids is 1. The second-order valence-corrected chi connectivity index (χ2v) is 6.59. The lowest BCUT2D eigenvalue weighted by Crippen LogP contribution is -2.56. The van der Waals surface area contributed by atoms with Gasteiger partial charge in [0.05, 0.1) is 11.1 Å². The fourth-order valence-electron chi connectivity index (χ4n) is 3.62. The zero-order valence-electron chi connectivity index (χ0n) is 14.1. The Morgan fingerprint density at radius 3 is 2.50 bits per heavy atom. The van der Waals surface area contributed by atoms with Crippen LogP contribution in [0.4, 0.5) is 0 Å². The van der Waals surface area contributed by atoms with Crippen molar-refractivity contribution in [2.45, 2.75) is 44.6 Å². The predicted octanol–water partition coefficient (Wildman–Crippen LogP) is 3.40. The number of carbonyl (C=O) groups is 2. The normalized spacial score (nSPS) is 16.8. The van der Waals surface area contributed by atoms with Gasteiger partial charge in [0.25, 0.3) is 5.91 Å². The smallest absolute Gasteiger partial charge is 0.329 e. The third-order valence-corrected chi connectivity index (χ3v) is 5.12. The Morgan fingerprint density at radius 2 is 1.83 bits per heavy atom. The molecule has 1 aromatic heterocycles. The SMILES string of the molecule is Cc1ccc2cccc(C(=O)N(C)C3(C(=O)O)CCCCC3)c2n1. The standard InChI is InChI=1S/C19H22N2O3/c1-13-9-10-14-7-6-8-15(16(14)20-13)17(22)21(2)19(18(23)24)11-4-3-5-12-19/h6-10H,3-5,11-12H2,1-2H3,(H,23,24). The van der Waals surface area contributed by atoms with Gasteiger partial charge in [-0.2, -0.15) is 0 Å². The highest BCUT2D eigenvalue weighted by Gasteiger charge is 2.45. The van der Waals surface area contributed by atoms with Crippen LogP contribution < -0.4 is 0 Å². The molecule has 3 rings (SSSR count). The lowest BCUT2D eigenvalue weighted by atomic mass is 9.80. The van der Waals surface area contributed by atoms with Crippen molar-refractivity contribution in [2.24, 2.45) is 0 Å². The number of carboxylic acid groups (broad SMARTS) is 1. The summed E-state index contributed by atoms with van der Waals surface area (Å²) in [4.78, 5) is 31.0. The van der Waals surface area contributed by atoms with E-state index in [-0.39, 0.29) is 5.91 Å². The van der Waals surface area contributed by atoms with Gasteiger partial charge in [-0.25, -0.2) is 4.79 Å². The molecule has 1 aliphatic rings. The molecule has 0 saturated heterocycles. The molecule has 24 heavy (non-hydrogen) atoms. The molecule has 5 nitrogen and oxygen atoms in total. The van der Waals surface area contributed by atoms with Crippen molar-refractivity contribution in [2.75, 3.05) is 7.05 Å². The Morgan fingerprint density at radius 1 is 1.12 bits per heavy atom. The van der Waals surface area contributed by atoms with Crippen molar-refractivity contribution >= 4 is 22.8 Å². The van der Waals surface area contributed by atoms with Gasteiger partial charge in [0, 0.05) is 18.1 Å². The molecule has 0 atom stereocenters. The van der Waals surface area contributed by atoms with E-state index in [9.17, 15) is 14.7 Å². The molecule has 1 aromatic carbocycles. The van der Waals surface area contributed by atoms with Gasteiger partial charge in [0.2, 0.25) is 0 Å². The first-order valence-electron chi connectivity index (χ1n) is 8.34. The molecule has 0 unspecified atom stereocenters. The minimum Gasteiger partial charge on any atom is -0.479 e. The molecule has 0 spiro atoms. The largest absolute Gasteiger partial charge is 0.479 e. The van der Waals surface area contributed by atoms with Crippen LogP contribution in [0.5, 0.6) is 0 Å². The van der Waals surface area contributed by atoms with Crippen LogP contribution in [0.25, 0.3) is 10.9 Å². The summed E-state index contributed by atoms with van der Waals surface area (Å²) in [5, 5.41) is 10.7. The summed E-state index contributed by atoms with van der Waals surface area (Å²) in [5.74, 6) is -1.19. The summed E-state index contributed by atoms with van der Waals surface area (Å²) in [5.41, 5.74) is 0.813. The van der Waals surface area contributed by atoms with Crippen molar-refractivity contribution in [3.8, 4) is 0 Å². The van der Waals surface area contributed by atoms with Crippen LogP contribution in [0, 0.1) is 6.92 Å². The fourth-order valence-corrected chi connectivity index (χ4v) is 3.62. The van der Waals surface area contributed by atoms with Crippen LogP contribution in [-0.4, -0.2) is 39.5 Å². The Hall–Kier alpha value is -2.43. The first-order chi connectivity index (χ1) is 11.5. The minimum atomic E-state index is -1.11. The quantitative estimate of drug-likeness (QED) is 0.938. The predicted molar refractivity (Wildman–Crippen MR) is 92.0 cm³/mol. The van der Waals surface area contributed by atoms with Crippen molar-refractivity contribution < 1.29 is 14.7 Å². The lowest BCUT2D eigenvalue weighted by Gasteiger charge is -2.41. The molecule has 1 aliphatic carbocycles. The molecule has 1 fully saturated rings. The van der Waals surface area contributed by atoms with Crippen LogP contribution in [0.1, 0.15) is 48.2 Å². The number of nitrogens with zero attached hydrogens (tertiary/aromatic N) is 2. The Bertz CT molecular complexity index is 794. The molecule has 5 heteroatoms. The number of hydrogen-bond acceptors (Lipinski definition) is 3. The lowest BCUT2D eigenvalue weighted by molar-refractivity contribution is -0.151. The second-order valence-electron chi connectivity index (χ2n) is 6.59. The van der Waals surface area contributed by atoms with Crippen LogP contribution in [0.3, 0.4) is 0 Å². The number of carbonyl (C=O) groups excluding carboxylic acids is 1. The van der Waals surface area contributed by atoms with Crippen LogP contribution >= 0.6 is 0 Å². The molecule has 0 bridgehead atoms. The number of benzene rings is 1. The van der Waals surface area contributed by atoms with Crippen molar-refractivity contribution in [3.05, 3.63) is 41.6 Å². The van der Waals surface area contributed by atoms with Gasteiger partial charge in [0.1, 0.15) is 5.54 Å². The zero-order valence-corrected chi connectivity index (χ0v) is 14.1. The van der Waals surface area contributed by atoms with Gasteiger partial charge < -0.3 is 10.0 Å². The summed E-state index contributed by atoms with van der Waals surface area (Å²) in [6.07, 6.45) is 3.68. The van der Waals surface area contributed by atoms with Gasteiger partial charge in [-0.05, 0) is 31.9 Å². The van der Waals surface area contributed by atoms with Gasteiger partial charge in [-0.1, -0.05) is 37.5 Å². The average Bonchev–Trinajstić information content (AvgIpc) is 2.60. The number of pyridine rings is 1. The van der Waals surface area contributed by atoms with E-state index in [1.165, 1.54) is 4.90 Å².